The highest BCUT2D eigenvalue weighted by Gasteiger charge is 2.12. The molecule has 0 atom stereocenters. The number of ether oxygens (including phenoxy) is 2. The fourth-order valence-corrected chi connectivity index (χ4v) is 0.167. The highest BCUT2D eigenvalue weighted by atomic mass is 16.5. The van der Waals surface area contributed by atoms with Crippen molar-refractivity contribution in [1.82, 2.24) is 20.9 Å². The number of nitrogens with zero attached hydrogens (tertiary/aromatic N) is 1. The van der Waals surface area contributed by atoms with Gasteiger partial charge in [-0.05, 0) is 75.3 Å². The highest BCUT2D eigenvalue weighted by molar-refractivity contribution is 4.65. The first-order valence-electron chi connectivity index (χ1n) is 11.0. The third kappa shape index (κ3) is 555. The second-order valence-electron chi connectivity index (χ2n) is 6.63. The van der Waals surface area contributed by atoms with Gasteiger partial charge in [0.15, 0.2) is 0 Å². The average molecular weight is 429 g/mol. The minimum atomic E-state index is 0.819. The molecule has 1 aliphatic carbocycles. The summed E-state index contributed by atoms with van der Waals surface area (Å²) in [6.45, 7) is 15.6. The Hall–Kier alpha value is -0.240. The molecule has 29 heavy (non-hydrogen) atoms. The summed E-state index contributed by atoms with van der Waals surface area (Å²) in [5, 5.41) is 8.61. The molecule has 1 fully saturated rings. The predicted molar refractivity (Wildman–Crippen MR) is 139 cm³/mol. The molecule has 0 aliphatic heterocycles. The van der Waals surface area contributed by atoms with E-state index in [1.807, 2.05) is 61.2 Å². The lowest BCUT2D eigenvalue weighted by molar-refractivity contribution is 0.215. The molecular formula is C23H64N4O2. The summed E-state index contributed by atoms with van der Waals surface area (Å²) in [4.78, 5) is 2.00. The van der Waals surface area contributed by atoms with Gasteiger partial charge in [0, 0.05) is 27.9 Å². The van der Waals surface area contributed by atoms with Crippen LogP contribution in [0.1, 0.15) is 60.8 Å². The molecule has 0 heterocycles. The second-order valence-corrected chi connectivity index (χ2v) is 6.63. The van der Waals surface area contributed by atoms with Crippen LogP contribution in [0.3, 0.4) is 0 Å². The van der Waals surface area contributed by atoms with Crippen molar-refractivity contribution in [3.05, 3.63) is 0 Å². The summed E-state index contributed by atoms with van der Waals surface area (Å²) in [5.74, 6) is 1.08. The fraction of sp³-hybridized carbons (Fsp3) is 1.00. The Bertz CT molecular complexity index is 137. The van der Waals surface area contributed by atoms with Gasteiger partial charge >= 0.3 is 0 Å². The van der Waals surface area contributed by atoms with Crippen molar-refractivity contribution < 1.29 is 9.47 Å². The SMILES string of the molecule is CC1CC1.CCC.CCNC.CCNC.CCOC.CN(C)C.CNC.COC. The molecule has 0 bridgehead atoms. The Labute approximate surface area is 187 Å². The van der Waals surface area contributed by atoms with E-state index in [0.717, 1.165) is 25.6 Å². The van der Waals surface area contributed by atoms with Crippen LogP contribution in [0.25, 0.3) is 0 Å². The van der Waals surface area contributed by atoms with Crippen LogP contribution in [0.2, 0.25) is 0 Å². The first kappa shape index (κ1) is 46.8. The zero-order valence-corrected chi connectivity index (χ0v) is 23.6. The van der Waals surface area contributed by atoms with Gasteiger partial charge in [0.25, 0.3) is 0 Å². The number of hydrogen-bond acceptors (Lipinski definition) is 6. The van der Waals surface area contributed by atoms with Crippen LogP contribution in [0.15, 0.2) is 0 Å². The number of nitrogens with one attached hydrogen (secondary N) is 3. The molecule has 0 spiro atoms. The quantitative estimate of drug-likeness (QED) is 0.626. The normalized spacial score (nSPS) is 9.83. The summed E-state index contributed by atoms with van der Waals surface area (Å²) < 4.78 is 8.79. The summed E-state index contributed by atoms with van der Waals surface area (Å²) >= 11 is 0. The zero-order chi connectivity index (χ0) is 24.9. The minimum absolute atomic E-state index is 0.819. The fourth-order valence-electron chi connectivity index (χ4n) is 0.167. The lowest BCUT2D eigenvalue weighted by Gasteiger charge is -1.90. The van der Waals surface area contributed by atoms with Gasteiger partial charge in [-0.15, -0.1) is 0 Å². The molecule has 0 radical (unpaired) electrons. The van der Waals surface area contributed by atoms with E-state index in [9.17, 15) is 0 Å². The van der Waals surface area contributed by atoms with E-state index >= 15 is 0 Å². The van der Waals surface area contributed by atoms with E-state index in [-0.39, 0.29) is 0 Å². The Morgan fingerprint density at radius 3 is 0.862 bits per heavy atom. The van der Waals surface area contributed by atoms with Gasteiger partial charge < -0.3 is 30.3 Å². The monoisotopic (exact) mass is 429 g/mol. The molecule has 3 N–H and O–H groups in total. The van der Waals surface area contributed by atoms with Crippen molar-refractivity contribution in [3.8, 4) is 0 Å². The van der Waals surface area contributed by atoms with Crippen molar-refractivity contribution in [2.75, 3.05) is 90.4 Å². The first-order valence-corrected chi connectivity index (χ1v) is 11.0. The third-order valence-corrected chi connectivity index (χ3v) is 1.86. The maximum absolute atomic E-state index is 4.54. The molecule has 0 aromatic heterocycles. The molecule has 0 amide bonds. The van der Waals surface area contributed by atoms with Crippen molar-refractivity contribution in [1.29, 1.82) is 0 Å². The van der Waals surface area contributed by atoms with E-state index in [1.165, 1.54) is 19.3 Å². The van der Waals surface area contributed by atoms with E-state index < -0.39 is 0 Å². The van der Waals surface area contributed by atoms with Crippen LogP contribution in [0.4, 0.5) is 0 Å². The van der Waals surface area contributed by atoms with E-state index in [2.05, 4.69) is 60.0 Å². The Morgan fingerprint density at radius 2 is 0.862 bits per heavy atom. The summed E-state index contributed by atoms with van der Waals surface area (Å²) in [6, 6.07) is 0. The standard InChI is InChI=1S/C4H8.3C3H9N.C3H8O.C3H8.C2H7N.C2H6O/c1-4-2-3-4;1-4(2)3;3*1-3-4-2;3*1-3-2/h4H,2-3H2,1H3;1-3H3;2*4H,3H2,1-2H3;3H2,1-2H3;3H2,1-2H3;3H,1-2H3;1-2H3. The van der Waals surface area contributed by atoms with E-state index in [4.69, 9.17) is 0 Å². The van der Waals surface area contributed by atoms with Gasteiger partial charge in [-0.2, -0.15) is 0 Å². The van der Waals surface area contributed by atoms with Crippen molar-refractivity contribution in [2.45, 2.75) is 60.8 Å². The van der Waals surface area contributed by atoms with Crippen LogP contribution >= 0.6 is 0 Å². The van der Waals surface area contributed by atoms with Crippen LogP contribution < -0.4 is 16.0 Å². The lowest BCUT2D eigenvalue weighted by Crippen LogP contribution is -2.01. The molecule has 1 rings (SSSR count). The van der Waals surface area contributed by atoms with Crippen LogP contribution in [0, 0.1) is 5.92 Å². The van der Waals surface area contributed by atoms with Crippen LogP contribution in [-0.2, 0) is 9.47 Å². The van der Waals surface area contributed by atoms with Gasteiger partial charge in [-0.25, -0.2) is 0 Å². The molecule has 6 heteroatoms. The molecule has 0 unspecified atom stereocenters. The van der Waals surface area contributed by atoms with Gasteiger partial charge in [-0.1, -0.05) is 53.9 Å². The first-order chi connectivity index (χ1) is 13.6. The number of hydrogen-bond donors (Lipinski definition) is 3. The molecule has 1 aliphatic rings. The van der Waals surface area contributed by atoms with Gasteiger partial charge in [0.1, 0.15) is 0 Å². The molecule has 188 valence electrons. The number of rotatable bonds is 3. The van der Waals surface area contributed by atoms with E-state index in [1.54, 1.807) is 21.3 Å². The maximum atomic E-state index is 4.54. The topological polar surface area (TPSA) is 57.8 Å². The second kappa shape index (κ2) is 70.8. The molecule has 1 saturated carbocycles. The van der Waals surface area contributed by atoms with Crippen molar-refractivity contribution >= 4 is 0 Å². The van der Waals surface area contributed by atoms with Gasteiger partial charge in [0.05, 0.1) is 0 Å². The smallest absolute Gasteiger partial charge is 0.0433 e. The molecule has 0 saturated heterocycles. The third-order valence-electron chi connectivity index (χ3n) is 1.86. The van der Waals surface area contributed by atoms with E-state index in [0.29, 0.717) is 0 Å². The van der Waals surface area contributed by atoms with Crippen molar-refractivity contribution in [3.63, 3.8) is 0 Å². The Balaban J connectivity index is -0.0000000383. The number of methoxy groups -OCH3 is 2. The largest absolute Gasteiger partial charge is 0.388 e. The lowest BCUT2D eigenvalue weighted by atomic mass is 10.5. The average Bonchev–Trinajstić information content (AvgIpc) is 3.46. The minimum Gasteiger partial charge on any atom is -0.388 e. The highest BCUT2D eigenvalue weighted by Crippen LogP contribution is 2.26. The zero-order valence-electron chi connectivity index (χ0n) is 23.6. The summed E-state index contributed by atoms with van der Waals surface area (Å²) in [5.41, 5.74) is 0. The molecule has 6 nitrogen and oxygen atoms in total. The Kier molecular flexibility index (Phi) is 114. The molecular weight excluding hydrogens is 364 g/mol. The van der Waals surface area contributed by atoms with Gasteiger partial charge in [0.2, 0.25) is 0 Å². The predicted octanol–water partition coefficient (Wildman–Crippen LogP) is 4.21. The van der Waals surface area contributed by atoms with Gasteiger partial charge in [-0.3, -0.25) is 0 Å². The van der Waals surface area contributed by atoms with Crippen LogP contribution in [0.5, 0.6) is 0 Å². The summed E-state index contributed by atoms with van der Waals surface area (Å²) in [7, 11) is 18.5. The molecule has 0 aromatic rings. The Morgan fingerprint density at radius 1 is 0.759 bits per heavy atom. The summed E-state index contributed by atoms with van der Waals surface area (Å²) in [6.07, 6.45) is 4.22. The molecule has 0 aromatic carbocycles. The van der Waals surface area contributed by atoms with Crippen LogP contribution in [-0.4, -0.2) is 95.3 Å². The van der Waals surface area contributed by atoms with Crippen molar-refractivity contribution in [2.24, 2.45) is 5.92 Å². The maximum Gasteiger partial charge on any atom is 0.0433 e.